The molecule has 0 N–H and O–H groups in total. The minimum Gasteiger partial charge on any atom is -0.423 e. The summed E-state index contributed by atoms with van der Waals surface area (Å²) in [5.74, 6) is -1.18. The summed E-state index contributed by atoms with van der Waals surface area (Å²) in [6.45, 7) is 0. The molecule has 0 spiro atoms. The number of halogens is 2. The Morgan fingerprint density at radius 2 is 1.50 bits per heavy atom. The van der Waals surface area contributed by atoms with Crippen LogP contribution in [0.5, 0.6) is 5.75 Å². The van der Waals surface area contributed by atoms with Crippen LogP contribution in [0.2, 0.25) is 5.02 Å². The van der Waals surface area contributed by atoms with Crippen LogP contribution in [0, 0.1) is 3.57 Å². The lowest BCUT2D eigenvalue weighted by atomic mass is 10.1. The summed E-state index contributed by atoms with van der Waals surface area (Å²) in [5.41, 5.74) is 1.09. The number of carbonyl (C=O) groups is 3. The highest BCUT2D eigenvalue weighted by atomic mass is 127. The Balaban J connectivity index is 1.62. The normalized spacial score (nSPS) is 12.9. The van der Waals surface area contributed by atoms with E-state index in [4.69, 9.17) is 16.3 Å². The van der Waals surface area contributed by atoms with Crippen LogP contribution in [0.1, 0.15) is 31.1 Å². The summed E-state index contributed by atoms with van der Waals surface area (Å²) in [4.78, 5) is 39.0. The van der Waals surface area contributed by atoms with Gasteiger partial charge in [0.05, 0.1) is 22.4 Å². The summed E-state index contributed by atoms with van der Waals surface area (Å²) >= 11 is 7.96. The van der Waals surface area contributed by atoms with Crippen molar-refractivity contribution < 1.29 is 19.1 Å². The molecule has 0 atom stereocenters. The third-order valence-electron chi connectivity index (χ3n) is 4.23. The maximum atomic E-state index is 12.8. The summed E-state index contributed by atoms with van der Waals surface area (Å²) in [6, 6.07) is 17.7. The van der Waals surface area contributed by atoms with Gasteiger partial charge in [-0.3, -0.25) is 9.59 Å². The molecule has 0 saturated carbocycles. The van der Waals surface area contributed by atoms with E-state index in [1.165, 1.54) is 18.2 Å². The van der Waals surface area contributed by atoms with Gasteiger partial charge in [-0.1, -0.05) is 11.6 Å². The Kier molecular flexibility index (Phi) is 4.91. The average molecular weight is 504 g/mol. The molecule has 1 aliphatic heterocycles. The number of anilines is 1. The van der Waals surface area contributed by atoms with Crippen molar-refractivity contribution in [3.63, 3.8) is 0 Å². The molecule has 0 saturated heterocycles. The molecule has 4 rings (SSSR count). The molecule has 2 amide bonds. The van der Waals surface area contributed by atoms with E-state index in [9.17, 15) is 14.4 Å². The number of nitrogens with zero attached hydrogens (tertiary/aromatic N) is 1. The number of ether oxygens (including phenoxy) is 1. The summed E-state index contributed by atoms with van der Waals surface area (Å²) in [6.07, 6.45) is 0. The van der Waals surface area contributed by atoms with Crippen LogP contribution in [-0.2, 0) is 0 Å². The van der Waals surface area contributed by atoms with Gasteiger partial charge in [-0.25, -0.2) is 9.69 Å². The first-order valence-corrected chi connectivity index (χ1v) is 9.66. The Morgan fingerprint density at radius 3 is 2.18 bits per heavy atom. The van der Waals surface area contributed by atoms with Gasteiger partial charge < -0.3 is 4.74 Å². The number of benzene rings is 3. The second-order valence-electron chi connectivity index (χ2n) is 6.03. The fourth-order valence-corrected chi connectivity index (χ4v) is 3.35. The van der Waals surface area contributed by atoms with E-state index in [1.807, 2.05) is 12.1 Å². The second kappa shape index (κ2) is 7.37. The minimum atomic E-state index is -0.627. The van der Waals surface area contributed by atoms with Crippen LogP contribution in [0.25, 0.3) is 0 Å². The predicted molar refractivity (Wildman–Crippen MR) is 113 cm³/mol. The quantitative estimate of drug-likeness (QED) is 0.219. The molecule has 5 nitrogen and oxygen atoms in total. The van der Waals surface area contributed by atoms with Crippen LogP contribution < -0.4 is 9.64 Å². The van der Waals surface area contributed by atoms with Crippen molar-refractivity contribution in [2.24, 2.45) is 0 Å². The number of fused-ring (bicyclic) bond motifs is 1. The van der Waals surface area contributed by atoms with Crippen molar-refractivity contribution in [3.05, 3.63) is 92.0 Å². The van der Waals surface area contributed by atoms with Crippen molar-refractivity contribution in [1.82, 2.24) is 0 Å². The van der Waals surface area contributed by atoms with Gasteiger partial charge in [-0.2, -0.15) is 0 Å². The van der Waals surface area contributed by atoms with Gasteiger partial charge in [0.25, 0.3) is 11.8 Å². The minimum absolute atomic E-state index is 0.175. The van der Waals surface area contributed by atoms with Crippen LogP contribution in [0.3, 0.4) is 0 Å². The lowest BCUT2D eigenvalue weighted by Crippen LogP contribution is -2.29. The SMILES string of the molecule is O=C(Oc1ccc(Cl)cc1)c1ccc2c(c1)C(=O)N(c1ccc(I)cc1)C2=O. The standard InChI is InChI=1S/C21H11ClINO4/c22-13-2-8-16(9-3-13)28-21(27)12-1-10-17-18(11-12)20(26)24(19(17)25)15-6-4-14(23)5-7-15/h1-11H. The molecule has 3 aromatic rings. The molecule has 1 aliphatic rings. The molecule has 0 unspecified atom stereocenters. The van der Waals surface area contributed by atoms with Gasteiger partial charge in [0.15, 0.2) is 0 Å². The van der Waals surface area contributed by atoms with E-state index in [0.717, 1.165) is 8.47 Å². The first kappa shape index (κ1) is 18.6. The van der Waals surface area contributed by atoms with E-state index in [0.29, 0.717) is 16.5 Å². The lowest BCUT2D eigenvalue weighted by molar-refractivity contribution is 0.0734. The fraction of sp³-hybridized carbons (Fsp3) is 0. The van der Waals surface area contributed by atoms with Crippen LogP contribution in [0.15, 0.2) is 66.7 Å². The Hall–Kier alpha value is -2.71. The Bertz CT molecular complexity index is 1110. The van der Waals surface area contributed by atoms with E-state index >= 15 is 0 Å². The maximum absolute atomic E-state index is 12.8. The molecule has 0 fully saturated rings. The number of hydrogen-bond donors (Lipinski definition) is 0. The highest BCUT2D eigenvalue weighted by Gasteiger charge is 2.37. The average Bonchev–Trinajstić information content (AvgIpc) is 2.94. The number of esters is 1. The molecule has 0 radical (unpaired) electrons. The number of amides is 2. The van der Waals surface area contributed by atoms with E-state index in [-0.39, 0.29) is 16.7 Å². The molecular weight excluding hydrogens is 493 g/mol. The first-order chi connectivity index (χ1) is 13.4. The van der Waals surface area contributed by atoms with E-state index in [1.54, 1.807) is 36.4 Å². The summed E-state index contributed by atoms with van der Waals surface area (Å²) in [7, 11) is 0. The van der Waals surface area contributed by atoms with Crippen LogP contribution >= 0.6 is 34.2 Å². The number of hydrogen-bond acceptors (Lipinski definition) is 4. The van der Waals surface area contributed by atoms with Gasteiger partial charge in [-0.05, 0) is 89.3 Å². The monoisotopic (exact) mass is 503 g/mol. The molecule has 7 heteroatoms. The smallest absolute Gasteiger partial charge is 0.343 e. The Labute approximate surface area is 179 Å². The predicted octanol–water partition coefficient (Wildman–Crippen LogP) is 4.96. The molecule has 3 aromatic carbocycles. The zero-order chi connectivity index (χ0) is 19.8. The van der Waals surface area contributed by atoms with Crippen molar-refractivity contribution in [1.29, 1.82) is 0 Å². The third kappa shape index (κ3) is 3.41. The molecule has 138 valence electrons. The van der Waals surface area contributed by atoms with Crippen LogP contribution in [-0.4, -0.2) is 17.8 Å². The van der Waals surface area contributed by atoms with Gasteiger partial charge in [0.2, 0.25) is 0 Å². The highest BCUT2D eigenvalue weighted by Crippen LogP contribution is 2.30. The van der Waals surface area contributed by atoms with Gasteiger partial charge in [-0.15, -0.1) is 0 Å². The first-order valence-electron chi connectivity index (χ1n) is 8.20. The maximum Gasteiger partial charge on any atom is 0.343 e. The van der Waals surface area contributed by atoms with Crippen LogP contribution in [0.4, 0.5) is 5.69 Å². The van der Waals surface area contributed by atoms with Gasteiger partial charge in [0, 0.05) is 8.59 Å². The number of imide groups is 1. The van der Waals surface area contributed by atoms with Crippen molar-refractivity contribution in [2.45, 2.75) is 0 Å². The largest absolute Gasteiger partial charge is 0.423 e. The molecule has 0 bridgehead atoms. The van der Waals surface area contributed by atoms with E-state index in [2.05, 4.69) is 22.6 Å². The lowest BCUT2D eigenvalue weighted by Gasteiger charge is -2.13. The van der Waals surface area contributed by atoms with Crippen molar-refractivity contribution >= 4 is 57.7 Å². The second-order valence-corrected chi connectivity index (χ2v) is 7.71. The van der Waals surface area contributed by atoms with Gasteiger partial charge in [0.1, 0.15) is 5.75 Å². The molecule has 28 heavy (non-hydrogen) atoms. The highest BCUT2D eigenvalue weighted by molar-refractivity contribution is 14.1. The molecule has 0 aliphatic carbocycles. The third-order valence-corrected chi connectivity index (χ3v) is 5.20. The summed E-state index contributed by atoms with van der Waals surface area (Å²) < 4.78 is 6.28. The number of carbonyl (C=O) groups excluding carboxylic acids is 3. The van der Waals surface area contributed by atoms with Crippen molar-refractivity contribution in [2.75, 3.05) is 4.90 Å². The fourth-order valence-electron chi connectivity index (χ4n) is 2.86. The molecule has 0 aromatic heterocycles. The molecule has 1 heterocycles. The number of rotatable bonds is 3. The zero-order valence-corrected chi connectivity index (χ0v) is 17.1. The Morgan fingerprint density at radius 1 is 0.857 bits per heavy atom. The van der Waals surface area contributed by atoms with Crippen molar-refractivity contribution in [3.8, 4) is 5.75 Å². The van der Waals surface area contributed by atoms with Gasteiger partial charge >= 0.3 is 5.97 Å². The zero-order valence-electron chi connectivity index (χ0n) is 14.2. The van der Waals surface area contributed by atoms with E-state index < -0.39 is 17.8 Å². The summed E-state index contributed by atoms with van der Waals surface area (Å²) in [5, 5.41) is 0.525. The topological polar surface area (TPSA) is 63.7 Å². The molecular formula is C21H11ClINO4.